The third-order valence-electron chi connectivity index (χ3n) is 9.17. The number of rotatable bonds is 6. The molecule has 0 bridgehead atoms. The standard InChI is InChI=1S/C28H28F8N2O5S2/c1-44(40,41)37-12-10-17(16-37)14-24(39)38-13-11-25(45(42,43)21-6-4-20(29)5-7-21)22-8-3-19(15-18(22)2-9-23(25)38)26(30,27(31,32)33)28(34,35)36/h3-8,15,17,23H,2,9-14,16H2,1H3/t17-,23-,25-/m1/s1. The second-order valence-electron chi connectivity index (χ2n) is 11.7. The van der Waals surface area contributed by atoms with Crippen LogP contribution in [0.5, 0.6) is 0 Å². The average Bonchev–Trinajstić information content (AvgIpc) is 3.57. The molecule has 0 radical (unpaired) electrons. The number of likely N-dealkylation sites (tertiary alicyclic amines) is 1. The zero-order chi connectivity index (χ0) is 33.4. The van der Waals surface area contributed by atoms with Crippen molar-refractivity contribution in [2.45, 2.75) is 65.8 Å². The third kappa shape index (κ3) is 5.31. The first-order chi connectivity index (χ1) is 20.6. The first-order valence-corrected chi connectivity index (χ1v) is 17.2. The number of benzene rings is 2. The molecule has 17 heteroatoms. The molecule has 0 saturated carbocycles. The molecular weight excluding hydrogens is 660 g/mol. The number of sulfone groups is 1. The fourth-order valence-corrected chi connectivity index (χ4v) is 10.3. The summed E-state index contributed by atoms with van der Waals surface area (Å²) in [5.74, 6) is -1.62. The molecule has 1 amide bonds. The van der Waals surface area contributed by atoms with Gasteiger partial charge in [-0.05, 0) is 67.0 Å². The summed E-state index contributed by atoms with van der Waals surface area (Å²) < 4.78 is 162. The van der Waals surface area contributed by atoms with Crippen molar-refractivity contribution in [3.05, 3.63) is 65.0 Å². The van der Waals surface area contributed by atoms with Crippen LogP contribution in [0.2, 0.25) is 0 Å². The molecule has 248 valence electrons. The minimum Gasteiger partial charge on any atom is -0.338 e. The van der Waals surface area contributed by atoms with Crippen LogP contribution in [-0.2, 0) is 41.5 Å². The summed E-state index contributed by atoms with van der Waals surface area (Å²) in [6.07, 6.45) is -12.2. The molecule has 45 heavy (non-hydrogen) atoms. The maximum absolute atomic E-state index is 15.0. The van der Waals surface area contributed by atoms with Crippen molar-refractivity contribution in [2.24, 2.45) is 5.92 Å². The SMILES string of the molecule is CS(=O)(=O)N1CC[C@H](CC(=O)N2CC[C@@]3(S(=O)(=O)c4ccc(F)cc4)c4ccc(C(F)(C(F)(F)F)C(F)(F)F)cc4CC[C@@H]23)C1. The Kier molecular flexibility index (Phi) is 8.13. The highest BCUT2D eigenvalue weighted by Gasteiger charge is 2.74. The summed E-state index contributed by atoms with van der Waals surface area (Å²) in [6, 6.07) is 3.99. The van der Waals surface area contributed by atoms with E-state index in [1.165, 1.54) is 9.21 Å². The van der Waals surface area contributed by atoms with Crippen molar-refractivity contribution in [3.63, 3.8) is 0 Å². The molecule has 0 spiro atoms. The lowest BCUT2D eigenvalue weighted by Gasteiger charge is -2.43. The van der Waals surface area contributed by atoms with E-state index in [4.69, 9.17) is 0 Å². The third-order valence-corrected chi connectivity index (χ3v) is 13.0. The van der Waals surface area contributed by atoms with Gasteiger partial charge < -0.3 is 4.90 Å². The number of hydrogen-bond acceptors (Lipinski definition) is 5. The van der Waals surface area contributed by atoms with Gasteiger partial charge in [-0.25, -0.2) is 29.9 Å². The van der Waals surface area contributed by atoms with Crippen molar-refractivity contribution < 1.29 is 56.8 Å². The van der Waals surface area contributed by atoms with Crippen LogP contribution < -0.4 is 0 Å². The van der Waals surface area contributed by atoms with Gasteiger partial charge in [0.15, 0.2) is 9.84 Å². The predicted molar refractivity (Wildman–Crippen MR) is 144 cm³/mol. The molecular formula is C28H28F8N2O5S2. The van der Waals surface area contributed by atoms with Crippen LogP contribution in [0.1, 0.15) is 42.4 Å². The minimum absolute atomic E-state index is 0.0805. The summed E-state index contributed by atoms with van der Waals surface area (Å²) in [6.45, 7) is 0.133. The molecule has 2 aromatic rings. The molecule has 2 aliphatic heterocycles. The van der Waals surface area contributed by atoms with Crippen LogP contribution in [0.3, 0.4) is 0 Å². The molecule has 7 nitrogen and oxygen atoms in total. The predicted octanol–water partition coefficient (Wildman–Crippen LogP) is 5.00. The normalized spacial score (nSPS) is 24.9. The summed E-state index contributed by atoms with van der Waals surface area (Å²) >= 11 is 0. The molecule has 2 aromatic carbocycles. The number of amides is 1. The smallest absolute Gasteiger partial charge is 0.338 e. The van der Waals surface area contributed by atoms with Crippen molar-refractivity contribution in [2.75, 3.05) is 25.9 Å². The van der Waals surface area contributed by atoms with Crippen LogP contribution >= 0.6 is 0 Å². The van der Waals surface area contributed by atoms with E-state index in [1.54, 1.807) is 0 Å². The van der Waals surface area contributed by atoms with Gasteiger partial charge in [0.05, 0.1) is 17.2 Å². The number of halogens is 8. The van der Waals surface area contributed by atoms with Crippen molar-refractivity contribution in [3.8, 4) is 0 Å². The number of hydrogen-bond donors (Lipinski definition) is 0. The molecule has 2 fully saturated rings. The van der Waals surface area contributed by atoms with E-state index in [1.807, 2.05) is 0 Å². The second-order valence-corrected chi connectivity index (χ2v) is 15.9. The summed E-state index contributed by atoms with van der Waals surface area (Å²) in [5.41, 5.74) is -7.90. The van der Waals surface area contributed by atoms with E-state index >= 15 is 0 Å². The van der Waals surface area contributed by atoms with E-state index in [9.17, 15) is 56.8 Å². The zero-order valence-electron chi connectivity index (χ0n) is 23.6. The fraction of sp³-hybridized carbons (Fsp3) is 0.536. The highest BCUT2D eigenvalue weighted by molar-refractivity contribution is 7.92. The Bertz CT molecular complexity index is 1700. The molecule has 2 heterocycles. The Morgan fingerprint density at radius 2 is 1.53 bits per heavy atom. The lowest BCUT2D eigenvalue weighted by molar-refractivity contribution is -0.348. The highest BCUT2D eigenvalue weighted by atomic mass is 32.2. The lowest BCUT2D eigenvalue weighted by atomic mass is 9.76. The average molecular weight is 689 g/mol. The van der Waals surface area contributed by atoms with E-state index in [0.717, 1.165) is 36.6 Å². The largest absolute Gasteiger partial charge is 0.435 e. The molecule has 3 atom stereocenters. The first kappa shape index (κ1) is 33.6. The Morgan fingerprint density at radius 3 is 2.09 bits per heavy atom. The first-order valence-electron chi connectivity index (χ1n) is 13.9. The summed E-state index contributed by atoms with van der Waals surface area (Å²) in [5, 5.41) is 0. The van der Waals surface area contributed by atoms with Gasteiger partial charge in [0.2, 0.25) is 15.9 Å². The van der Waals surface area contributed by atoms with Crippen LogP contribution in [0, 0.1) is 11.7 Å². The van der Waals surface area contributed by atoms with Crippen LogP contribution in [0.15, 0.2) is 47.4 Å². The van der Waals surface area contributed by atoms with Gasteiger partial charge >= 0.3 is 18.0 Å². The fourth-order valence-electron chi connectivity index (χ4n) is 6.98. The van der Waals surface area contributed by atoms with Crippen molar-refractivity contribution in [1.82, 2.24) is 9.21 Å². The maximum atomic E-state index is 15.0. The Labute approximate surface area is 254 Å². The molecule has 0 aromatic heterocycles. The molecule has 2 saturated heterocycles. The van der Waals surface area contributed by atoms with Crippen LogP contribution in [0.25, 0.3) is 0 Å². The number of nitrogens with zero attached hydrogens (tertiary/aromatic N) is 2. The van der Waals surface area contributed by atoms with E-state index in [0.29, 0.717) is 12.5 Å². The Hall–Kier alpha value is -2.79. The van der Waals surface area contributed by atoms with E-state index in [2.05, 4.69) is 0 Å². The number of aryl methyl sites for hydroxylation is 1. The van der Waals surface area contributed by atoms with Crippen LogP contribution in [0.4, 0.5) is 35.1 Å². The van der Waals surface area contributed by atoms with Gasteiger partial charge in [-0.15, -0.1) is 0 Å². The molecule has 0 unspecified atom stereocenters. The maximum Gasteiger partial charge on any atom is 0.435 e. The molecule has 1 aliphatic carbocycles. The number of alkyl halides is 7. The monoisotopic (exact) mass is 688 g/mol. The van der Waals surface area contributed by atoms with Gasteiger partial charge in [-0.3, -0.25) is 4.79 Å². The van der Waals surface area contributed by atoms with Gasteiger partial charge in [0, 0.05) is 31.6 Å². The van der Waals surface area contributed by atoms with Gasteiger partial charge in [0.25, 0.3) is 0 Å². The molecule has 3 aliphatic rings. The Balaban J connectivity index is 1.59. The van der Waals surface area contributed by atoms with Gasteiger partial charge in [-0.2, -0.15) is 26.3 Å². The van der Waals surface area contributed by atoms with Gasteiger partial charge in [-0.1, -0.05) is 18.2 Å². The van der Waals surface area contributed by atoms with E-state index in [-0.39, 0.29) is 73.3 Å². The van der Waals surface area contributed by atoms with Crippen molar-refractivity contribution >= 4 is 25.8 Å². The van der Waals surface area contributed by atoms with Gasteiger partial charge in [0.1, 0.15) is 10.6 Å². The summed E-state index contributed by atoms with van der Waals surface area (Å²) in [7, 11) is -8.11. The lowest BCUT2D eigenvalue weighted by Crippen LogP contribution is -2.53. The minimum atomic E-state index is -6.38. The van der Waals surface area contributed by atoms with Crippen molar-refractivity contribution in [1.29, 1.82) is 0 Å². The quantitative estimate of drug-likeness (QED) is 0.315. The number of carbonyl (C=O) groups is 1. The number of fused-ring (bicyclic) bond motifs is 3. The topological polar surface area (TPSA) is 91.8 Å². The van der Waals surface area contributed by atoms with E-state index < -0.39 is 66.0 Å². The summed E-state index contributed by atoms with van der Waals surface area (Å²) in [4.78, 5) is 14.5. The highest BCUT2D eigenvalue weighted by Crippen LogP contribution is 2.56. The molecule has 0 N–H and O–H groups in total. The zero-order valence-corrected chi connectivity index (χ0v) is 25.3. The Morgan fingerprint density at radius 1 is 0.911 bits per heavy atom. The second kappa shape index (κ2) is 10.9. The number of carbonyl (C=O) groups excluding carboxylic acids is 1. The number of sulfonamides is 1. The van der Waals surface area contributed by atoms with Crippen LogP contribution in [-0.4, -0.2) is 76.2 Å². The molecule has 5 rings (SSSR count).